The van der Waals surface area contributed by atoms with Crippen molar-refractivity contribution in [1.82, 2.24) is 5.43 Å². The fourth-order valence-electron chi connectivity index (χ4n) is 2.09. The third-order valence-corrected chi connectivity index (χ3v) is 4.47. The lowest BCUT2D eigenvalue weighted by atomic mass is 10.1. The Morgan fingerprint density at radius 1 is 0.923 bits per heavy atom. The molecule has 0 aliphatic carbocycles. The van der Waals surface area contributed by atoms with E-state index in [1.165, 1.54) is 11.3 Å². The molecule has 2 N–H and O–H groups in total. The second-order valence-electron chi connectivity index (χ2n) is 5.25. The molecule has 0 saturated carbocycles. The molecule has 0 unspecified atom stereocenters. The number of carbonyl (C=O) groups is 2. The van der Waals surface area contributed by atoms with Gasteiger partial charge in [-0.15, -0.1) is 11.3 Å². The van der Waals surface area contributed by atoms with Crippen molar-refractivity contribution in [3.05, 3.63) is 87.1 Å². The van der Waals surface area contributed by atoms with E-state index in [1.807, 2.05) is 17.5 Å². The van der Waals surface area contributed by atoms with Gasteiger partial charge in [0.05, 0.1) is 6.21 Å². The topological polar surface area (TPSA) is 70.6 Å². The smallest absolute Gasteiger partial charge is 0.271 e. The monoisotopic (exact) mass is 383 g/mol. The number of amides is 2. The van der Waals surface area contributed by atoms with Gasteiger partial charge in [0.2, 0.25) is 0 Å². The van der Waals surface area contributed by atoms with E-state index < -0.39 is 0 Å². The molecule has 7 heteroatoms. The van der Waals surface area contributed by atoms with Crippen molar-refractivity contribution >= 4 is 46.7 Å². The summed E-state index contributed by atoms with van der Waals surface area (Å²) in [4.78, 5) is 25.1. The maximum absolute atomic E-state index is 12.1. The Morgan fingerprint density at radius 3 is 2.23 bits per heavy atom. The Kier molecular flexibility index (Phi) is 5.78. The van der Waals surface area contributed by atoms with Crippen LogP contribution in [-0.4, -0.2) is 18.0 Å². The van der Waals surface area contributed by atoms with Crippen LogP contribution in [-0.2, 0) is 0 Å². The minimum Gasteiger partial charge on any atom is -0.322 e. The van der Waals surface area contributed by atoms with E-state index in [2.05, 4.69) is 15.8 Å². The summed E-state index contributed by atoms with van der Waals surface area (Å²) in [6.07, 6.45) is 1.59. The Bertz CT molecular complexity index is 920. The predicted octanol–water partition coefficient (Wildman–Crippen LogP) is 4.42. The molecule has 5 nitrogen and oxygen atoms in total. The zero-order valence-corrected chi connectivity index (χ0v) is 15.1. The van der Waals surface area contributed by atoms with E-state index in [0.717, 1.165) is 4.88 Å². The number of rotatable bonds is 5. The Balaban J connectivity index is 1.58. The van der Waals surface area contributed by atoms with Crippen molar-refractivity contribution < 1.29 is 9.59 Å². The van der Waals surface area contributed by atoms with Crippen LogP contribution in [0.2, 0.25) is 5.02 Å². The minimum atomic E-state index is -0.326. The molecule has 3 aromatic rings. The molecular formula is C19H14ClN3O2S. The third kappa shape index (κ3) is 4.78. The lowest BCUT2D eigenvalue weighted by Crippen LogP contribution is -2.17. The Hall–Kier alpha value is -2.96. The summed E-state index contributed by atoms with van der Waals surface area (Å²) in [6.45, 7) is 0. The third-order valence-electron chi connectivity index (χ3n) is 3.41. The number of hydrazone groups is 1. The van der Waals surface area contributed by atoms with Crippen molar-refractivity contribution in [3.8, 4) is 0 Å². The summed E-state index contributed by atoms with van der Waals surface area (Å²) >= 11 is 7.34. The largest absolute Gasteiger partial charge is 0.322 e. The molecule has 2 aromatic carbocycles. The molecule has 0 aliphatic heterocycles. The summed E-state index contributed by atoms with van der Waals surface area (Å²) in [5.74, 6) is -0.576. The van der Waals surface area contributed by atoms with Gasteiger partial charge in [0.25, 0.3) is 11.8 Å². The first-order chi connectivity index (χ1) is 12.6. The molecule has 130 valence electrons. The maximum Gasteiger partial charge on any atom is 0.271 e. The van der Waals surface area contributed by atoms with Crippen molar-refractivity contribution in [2.24, 2.45) is 5.10 Å². The van der Waals surface area contributed by atoms with Gasteiger partial charge in [0, 0.05) is 26.7 Å². The highest BCUT2D eigenvalue weighted by Gasteiger charge is 2.08. The van der Waals surface area contributed by atoms with Gasteiger partial charge in [0.1, 0.15) is 0 Å². The van der Waals surface area contributed by atoms with Crippen LogP contribution >= 0.6 is 22.9 Å². The van der Waals surface area contributed by atoms with Crippen molar-refractivity contribution in [1.29, 1.82) is 0 Å². The van der Waals surface area contributed by atoms with Crippen LogP contribution in [0.15, 0.2) is 71.1 Å². The summed E-state index contributed by atoms with van der Waals surface area (Å²) in [5, 5.41) is 9.18. The molecular weight excluding hydrogens is 370 g/mol. The van der Waals surface area contributed by atoms with Crippen molar-refractivity contribution in [2.45, 2.75) is 0 Å². The second-order valence-corrected chi connectivity index (χ2v) is 6.67. The summed E-state index contributed by atoms with van der Waals surface area (Å²) in [6, 6.07) is 17.0. The van der Waals surface area contributed by atoms with Crippen LogP contribution in [0.3, 0.4) is 0 Å². The lowest BCUT2D eigenvalue weighted by molar-refractivity contribution is 0.0954. The van der Waals surface area contributed by atoms with E-state index in [-0.39, 0.29) is 11.8 Å². The molecule has 26 heavy (non-hydrogen) atoms. The van der Waals surface area contributed by atoms with Crippen LogP contribution in [0.5, 0.6) is 0 Å². The Labute approximate surface area is 159 Å². The zero-order chi connectivity index (χ0) is 18.4. The van der Waals surface area contributed by atoms with E-state index >= 15 is 0 Å². The van der Waals surface area contributed by atoms with E-state index in [1.54, 1.807) is 54.7 Å². The first kappa shape index (κ1) is 17.8. The fraction of sp³-hybridized carbons (Fsp3) is 0. The lowest BCUT2D eigenvalue weighted by Gasteiger charge is -2.06. The maximum atomic E-state index is 12.1. The van der Waals surface area contributed by atoms with E-state index in [0.29, 0.717) is 21.8 Å². The van der Waals surface area contributed by atoms with Crippen LogP contribution in [0.25, 0.3) is 0 Å². The molecule has 3 rings (SSSR count). The molecule has 0 radical (unpaired) electrons. The number of nitrogens with zero attached hydrogens (tertiary/aromatic N) is 1. The molecule has 0 atom stereocenters. The van der Waals surface area contributed by atoms with Gasteiger partial charge in [-0.1, -0.05) is 17.7 Å². The van der Waals surface area contributed by atoms with Crippen LogP contribution in [0.4, 0.5) is 5.69 Å². The first-order valence-electron chi connectivity index (χ1n) is 7.66. The normalized spacial score (nSPS) is 10.7. The number of anilines is 1. The van der Waals surface area contributed by atoms with Gasteiger partial charge in [-0.05, 0) is 60.0 Å². The van der Waals surface area contributed by atoms with Crippen molar-refractivity contribution in [3.63, 3.8) is 0 Å². The van der Waals surface area contributed by atoms with Crippen LogP contribution in [0.1, 0.15) is 25.6 Å². The van der Waals surface area contributed by atoms with Gasteiger partial charge in [-0.25, -0.2) is 5.43 Å². The second kappa shape index (κ2) is 8.42. The fourth-order valence-corrected chi connectivity index (χ4v) is 2.80. The van der Waals surface area contributed by atoms with Gasteiger partial charge in [0.15, 0.2) is 0 Å². The quantitative estimate of drug-likeness (QED) is 0.505. The zero-order valence-electron chi connectivity index (χ0n) is 13.5. The number of halogens is 1. The van der Waals surface area contributed by atoms with E-state index in [9.17, 15) is 9.59 Å². The Morgan fingerprint density at radius 2 is 1.58 bits per heavy atom. The number of hydrogen-bond acceptors (Lipinski definition) is 4. The average Bonchev–Trinajstić information content (AvgIpc) is 3.16. The average molecular weight is 384 g/mol. The highest BCUT2D eigenvalue weighted by molar-refractivity contribution is 7.11. The van der Waals surface area contributed by atoms with Crippen LogP contribution in [0, 0.1) is 0 Å². The number of hydrogen-bond donors (Lipinski definition) is 2. The first-order valence-corrected chi connectivity index (χ1v) is 8.91. The molecule has 1 heterocycles. The molecule has 2 amide bonds. The van der Waals surface area contributed by atoms with Gasteiger partial charge < -0.3 is 5.32 Å². The SMILES string of the molecule is O=C(N/N=C\c1cccs1)c1ccc(NC(=O)c2ccc(Cl)cc2)cc1. The van der Waals surface area contributed by atoms with Gasteiger partial charge in [-0.3, -0.25) is 9.59 Å². The standard InChI is InChI=1S/C19H14ClN3O2S/c20-15-7-3-13(4-8-15)18(24)22-16-9-5-14(6-10-16)19(25)23-21-12-17-2-1-11-26-17/h1-12H,(H,22,24)(H,23,25)/b21-12-. The summed E-state index contributed by atoms with van der Waals surface area (Å²) in [7, 11) is 0. The number of carbonyl (C=O) groups excluding carboxylic acids is 2. The highest BCUT2D eigenvalue weighted by atomic mass is 35.5. The molecule has 0 bridgehead atoms. The van der Waals surface area contributed by atoms with Gasteiger partial charge in [-0.2, -0.15) is 5.10 Å². The number of thiophene rings is 1. The van der Waals surface area contributed by atoms with Gasteiger partial charge >= 0.3 is 0 Å². The molecule has 0 aliphatic rings. The van der Waals surface area contributed by atoms with Crippen molar-refractivity contribution in [2.75, 3.05) is 5.32 Å². The summed E-state index contributed by atoms with van der Waals surface area (Å²) in [5.41, 5.74) is 3.99. The molecule has 0 saturated heterocycles. The predicted molar refractivity (Wildman–Crippen MR) is 105 cm³/mol. The van der Waals surface area contributed by atoms with E-state index in [4.69, 9.17) is 11.6 Å². The van der Waals surface area contributed by atoms with Crippen LogP contribution < -0.4 is 10.7 Å². The minimum absolute atomic E-state index is 0.251. The number of benzene rings is 2. The molecule has 1 aromatic heterocycles. The summed E-state index contributed by atoms with van der Waals surface area (Å²) < 4.78 is 0. The number of nitrogens with one attached hydrogen (secondary N) is 2. The highest BCUT2D eigenvalue weighted by Crippen LogP contribution is 2.14. The molecule has 0 fully saturated rings. The molecule has 0 spiro atoms.